The van der Waals surface area contributed by atoms with Crippen LogP contribution in [0.25, 0.3) is 5.65 Å². The third kappa shape index (κ3) is 8.17. The molecule has 0 radical (unpaired) electrons. The molecule has 310 valence electrons. The highest BCUT2D eigenvalue weighted by molar-refractivity contribution is 6.23. The molecule has 3 aromatic heterocycles. The van der Waals surface area contributed by atoms with Gasteiger partial charge in [-0.3, -0.25) is 34.2 Å². The third-order valence-corrected chi connectivity index (χ3v) is 12.1. The minimum atomic E-state index is -4.70. The van der Waals surface area contributed by atoms with E-state index >= 15 is 0 Å². The monoisotopic (exact) mass is 814 g/mol. The Morgan fingerprint density at radius 1 is 0.898 bits per heavy atom. The van der Waals surface area contributed by atoms with Crippen molar-refractivity contribution >= 4 is 46.6 Å². The number of halogens is 3. The summed E-state index contributed by atoms with van der Waals surface area (Å²) < 4.78 is 41.5. The molecule has 59 heavy (non-hydrogen) atoms. The van der Waals surface area contributed by atoms with E-state index in [9.17, 15) is 42.3 Å². The van der Waals surface area contributed by atoms with E-state index in [0.29, 0.717) is 17.1 Å². The van der Waals surface area contributed by atoms with Gasteiger partial charge in [-0.05, 0) is 114 Å². The van der Waals surface area contributed by atoms with Gasteiger partial charge in [-0.2, -0.15) is 13.2 Å². The number of amides is 5. The highest BCUT2D eigenvalue weighted by Gasteiger charge is 2.45. The van der Waals surface area contributed by atoms with Crippen LogP contribution in [0.2, 0.25) is 0 Å². The van der Waals surface area contributed by atoms with Crippen LogP contribution in [0.5, 0.6) is 0 Å². The smallest absolute Gasteiger partial charge is 0.386 e. The molecular formula is C42H45F3N8O6. The molecule has 0 bridgehead atoms. The van der Waals surface area contributed by atoms with Crippen LogP contribution >= 0.6 is 0 Å². The van der Waals surface area contributed by atoms with Crippen LogP contribution in [0, 0.1) is 5.92 Å². The van der Waals surface area contributed by atoms with Crippen LogP contribution in [-0.2, 0) is 21.4 Å². The molecular weight excluding hydrogens is 770 g/mol. The summed E-state index contributed by atoms with van der Waals surface area (Å²) in [5.41, 5.74) is 0.520. The Labute approximate surface area is 337 Å². The van der Waals surface area contributed by atoms with E-state index < -0.39 is 58.7 Å². The number of benzene rings is 1. The first-order chi connectivity index (χ1) is 28.0. The van der Waals surface area contributed by atoms with Crippen molar-refractivity contribution in [3.8, 4) is 0 Å². The van der Waals surface area contributed by atoms with E-state index in [1.807, 2.05) is 12.3 Å². The molecule has 0 saturated carbocycles. The number of piperidine rings is 3. The fourth-order valence-electron chi connectivity index (χ4n) is 8.71. The molecule has 4 aliphatic heterocycles. The Bertz CT molecular complexity index is 2340. The fraction of sp³-hybridized carbons (Fsp3) is 0.452. The van der Waals surface area contributed by atoms with E-state index in [0.717, 1.165) is 93.2 Å². The lowest BCUT2D eigenvalue weighted by Gasteiger charge is -2.36. The maximum Gasteiger partial charge on any atom is 0.433 e. The van der Waals surface area contributed by atoms with Gasteiger partial charge in [0.25, 0.3) is 17.7 Å². The zero-order valence-corrected chi connectivity index (χ0v) is 32.7. The summed E-state index contributed by atoms with van der Waals surface area (Å²) in [6.07, 6.45) is 3.88. The molecule has 3 N–H and O–H groups in total. The van der Waals surface area contributed by atoms with Gasteiger partial charge in [-0.25, -0.2) is 9.97 Å². The van der Waals surface area contributed by atoms with Gasteiger partial charge in [-0.15, -0.1) is 0 Å². The number of hydrogen-bond donors (Lipinski definition) is 3. The van der Waals surface area contributed by atoms with E-state index in [4.69, 9.17) is 4.98 Å². The number of aromatic nitrogens is 3. The summed E-state index contributed by atoms with van der Waals surface area (Å²) in [6, 6.07) is 9.08. The Hall–Kier alpha value is -5.68. The lowest BCUT2D eigenvalue weighted by Crippen LogP contribution is -2.54. The number of carbonyl (C=O) groups is 5. The minimum absolute atomic E-state index is 0.0733. The Balaban J connectivity index is 0.837. The topological polar surface area (TPSA) is 170 Å². The number of anilines is 2. The third-order valence-electron chi connectivity index (χ3n) is 12.1. The molecule has 8 rings (SSSR count). The summed E-state index contributed by atoms with van der Waals surface area (Å²) in [4.78, 5) is 77.6. The zero-order valence-electron chi connectivity index (χ0n) is 32.7. The van der Waals surface area contributed by atoms with Crippen molar-refractivity contribution in [3.05, 3.63) is 88.6 Å². The van der Waals surface area contributed by atoms with Gasteiger partial charge in [0.05, 0.1) is 28.1 Å². The summed E-state index contributed by atoms with van der Waals surface area (Å²) in [6.45, 7) is 7.56. The minimum Gasteiger partial charge on any atom is -0.386 e. The van der Waals surface area contributed by atoms with Crippen molar-refractivity contribution < 1.29 is 42.3 Å². The van der Waals surface area contributed by atoms with Crippen molar-refractivity contribution in [2.45, 2.75) is 82.5 Å². The molecule has 3 fully saturated rings. The first kappa shape index (κ1) is 40.1. The SMILES string of the molecule is CC(C)(O)c1cc2nc(C3CCN(CCC4CCN(c5ccc6c(c5)C(=O)N(C5CCC(=O)NC5=O)C6=O)CC4)CC3)cn2cc1NC(=O)c1cccc(C(F)(F)F)n1. The first-order valence-corrected chi connectivity index (χ1v) is 20.0. The second-order valence-electron chi connectivity index (χ2n) is 16.5. The standard InChI is InChI=1S/C42H45F3N8O6/c1-41(2,59)29-21-35-47-31(22-52(35)23-32(29)48-37(55)30-4-3-5-34(46-30)42(43,44)45)25-13-16-50(17-14-25)15-10-24-11-18-51(19-12-24)26-6-7-27-28(20-26)40(58)53(39(27)57)33-8-9-36(54)49-38(33)56/h3-7,20-25,33,59H,8-19H2,1-2H3,(H,48,55)(H,49,54,56). The Morgan fingerprint density at radius 2 is 1.63 bits per heavy atom. The average Bonchev–Trinajstić information content (AvgIpc) is 3.73. The fourth-order valence-corrected chi connectivity index (χ4v) is 8.71. The van der Waals surface area contributed by atoms with Crippen LogP contribution in [-0.4, -0.2) is 97.6 Å². The number of fused-ring (bicyclic) bond motifs is 2. The molecule has 0 spiro atoms. The van der Waals surface area contributed by atoms with E-state index in [1.165, 1.54) is 6.07 Å². The molecule has 14 nitrogen and oxygen atoms in total. The highest BCUT2D eigenvalue weighted by atomic mass is 19.4. The van der Waals surface area contributed by atoms with Crippen LogP contribution in [0.15, 0.2) is 54.9 Å². The second-order valence-corrected chi connectivity index (χ2v) is 16.5. The van der Waals surface area contributed by atoms with Crippen molar-refractivity contribution in [2.24, 2.45) is 5.92 Å². The number of pyridine rings is 2. The van der Waals surface area contributed by atoms with Gasteiger partial charge in [-0.1, -0.05) is 6.07 Å². The average molecular weight is 815 g/mol. The molecule has 1 atom stereocenters. The molecule has 5 amide bonds. The van der Waals surface area contributed by atoms with Crippen molar-refractivity contribution in [1.82, 2.24) is 29.5 Å². The maximum absolute atomic E-state index is 13.3. The molecule has 17 heteroatoms. The number of rotatable bonds is 9. The van der Waals surface area contributed by atoms with Gasteiger partial charge < -0.3 is 24.6 Å². The van der Waals surface area contributed by atoms with Crippen LogP contribution < -0.4 is 15.5 Å². The predicted octanol–water partition coefficient (Wildman–Crippen LogP) is 5.12. The van der Waals surface area contributed by atoms with Crippen molar-refractivity contribution in [1.29, 1.82) is 0 Å². The molecule has 0 aliphatic carbocycles. The van der Waals surface area contributed by atoms with Gasteiger partial charge in [0, 0.05) is 49.1 Å². The second kappa shape index (κ2) is 15.5. The van der Waals surface area contributed by atoms with Gasteiger partial charge in [0.15, 0.2) is 0 Å². The summed E-state index contributed by atoms with van der Waals surface area (Å²) in [5.74, 6) is -2.13. The normalized spacial score (nSPS) is 20.1. The van der Waals surface area contributed by atoms with Crippen LogP contribution in [0.4, 0.5) is 24.5 Å². The molecule has 3 saturated heterocycles. The van der Waals surface area contributed by atoms with Gasteiger partial charge in [0.1, 0.15) is 23.1 Å². The summed E-state index contributed by atoms with van der Waals surface area (Å²) in [5, 5.41) is 15.8. The van der Waals surface area contributed by atoms with Crippen molar-refractivity contribution in [3.63, 3.8) is 0 Å². The number of likely N-dealkylation sites (tertiary alicyclic amines) is 1. The molecule has 1 unspecified atom stereocenters. The lowest BCUT2D eigenvalue weighted by molar-refractivity contribution is -0.141. The molecule has 1 aromatic carbocycles. The van der Waals surface area contributed by atoms with Crippen molar-refractivity contribution in [2.75, 3.05) is 42.9 Å². The predicted molar refractivity (Wildman–Crippen MR) is 209 cm³/mol. The number of nitrogens with zero attached hydrogens (tertiary/aromatic N) is 6. The number of imidazole rings is 1. The Kier molecular flexibility index (Phi) is 10.5. The van der Waals surface area contributed by atoms with E-state index in [1.54, 1.807) is 42.6 Å². The summed E-state index contributed by atoms with van der Waals surface area (Å²) >= 11 is 0. The van der Waals surface area contributed by atoms with Crippen LogP contribution in [0.3, 0.4) is 0 Å². The Morgan fingerprint density at radius 3 is 2.32 bits per heavy atom. The van der Waals surface area contributed by atoms with E-state index in [-0.39, 0.29) is 35.6 Å². The highest BCUT2D eigenvalue weighted by Crippen LogP contribution is 2.35. The number of nitrogens with one attached hydrogen (secondary N) is 2. The molecule has 4 aliphatic rings. The van der Waals surface area contributed by atoms with Gasteiger partial charge in [0.2, 0.25) is 11.8 Å². The number of imide groups is 2. The number of carbonyl (C=O) groups excluding carboxylic acids is 5. The molecule has 7 heterocycles. The number of alkyl halides is 3. The maximum atomic E-state index is 13.3. The quantitative estimate of drug-likeness (QED) is 0.193. The summed E-state index contributed by atoms with van der Waals surface area (Å²) in [7, 11) is 0. The zero-order chi connectivity index (χ0) is 41.8. The van der Waals surface area contributed by atoms with Crippen LogP contribution in [0.1, 0.15) is 113 Å². The first-order valence-electron chi connectivity index (χ1n) is 20.0. The molecule has 4 aromatic rings. The van der Waals surface area contributed by atoms with E-state index in [2.05, 4.69) is 25.4 Å². The van der Waals surface area contributed by atoms with Gasteiger partial charge >= 0.3 is 6.18 Å². The number of hydrogen-bond acceptors (Lipinski definition) is 10. The lowest BCUT2D eigenvalue weighted by atomic mass is 9.91. The largest absolute Gasteiger partial charge is 0.433 e. The number of aliphatic hydroxyl groups is 1.